The van der Waals surface area contributed by atoms with Crippen molar-refractivity contribution in [2.45, 2.75) is 25.3 Å². The van der Waals surface area contributed by atoms with Crippen molar-refractivity contribution < 1.29 is 0 Å². The first-order chi connectivity index (χ1) is 7.42. The highest BCUT2D eigenvalue weighted by Gasteiger charge is 2.27. The molecule has 0 aromatic heterocycles. The Morgan fingerprint density at radius 1 is 1.27 bits per heavy atom. The smallest absolute Gasteiger partial charge is 0.0349 e. The molecule has 1 aromatic rings. The average molecular weight is 204 g/mol. The van der Waals surface area contributed by atoms with Gasteiger partial charge in [0.15, 0.2) is 0 Å². The van der Waals surface area contributed by atoms with E-state index in [1.54, 1.807) is 0 Å². The van der Waals surface area contributed by atoms with Gasteiger partial charge >= 0.3 is 0 Å². The molecule has 3 N–H and O–H groups in total. The van der Waals surface area contributed by atoms with Gasteiger partial charge in [-0.05, 0) is 24.3 Å². The van der Waals surface area contributed by atoms with E-state index in [4.69, 9.17) is 5.73 Å². The first-order valence-electron chi connectivity index (χ1n) is 5.90. The predicted molar refractivity (Wildman–Crippen MR) is 63.6 cm³/mol. The minimum absolute atomic E-state index is 0.517. The van der Waals surface area contributed by atoms with Crippen LogP contribution in [0.15, 0.2) is 30.3 Å². The average Bonchev–Trinajstić information content (AvgIpc) is 2.22. The summed E-state index contributed by atoms with van der Waals surface area (Å²) >= 11 is 0. The molecule has 0 aliphatic heterocycles. The van der Waals surface area contributed by atoms with Crippen LogP contribution in [0.25, 0.3) is 0 Å². The van der Waals surface area contributed by atoms with Gasteiger partial charge in [-0.3, -0.25) is 0 Å². The van der Waals surface area contributed by atoms with Gasteiger partial charge in [0.1, 0.15) is 0 Å². The molecule has 1 aromatic carbocycles. The van der Waals surface area contributed by atoms with E-state index in [0.717, 1.165) is 19.0 Å². The van der Waals surface area contributed by atoms with Gasteiger partial charge in [0, 0.05) is 19.1 Å². The van der Waals surface area contributed by atoms with E-state index in [9.17, 15) is 0 Å². The lowest BCUT2D eigenvalue weighted by atomic mass is 9.77. The molecule has 1 aliphatic carbocycles. The molecule has 0 heterocycles. The maximum atomic E-state index is 5.55. The second kappa shape index (κ2) is 5.29. The van der Waals surface area contributed by atoms with Crippen LogP contribution >= 0.6 is 0 Å². The minimum Gasteiger partial charge on any atom is -0.329 e. The molecule has 1 unspecified atom stereocenters. The van der Waals surface area contributed by atoms with E-state index >= 15 is 0 Å². The number of hydrogen-bond donors (Lipinski definition) is 2. The van der Waals surface area contributed by atoms with E-state index in [-0.39, 0.29) is 0 Å². The predicted octanol–water partition coefficient (Wildman–Crippen LogP) is 2.08. The molecule has 1 fully saturated rings. The van der Waals surface area contributed by atoms with Crippen LogP contribution in [0.5, 0.6) is 0 Å². The number of benzene rings is 1. The zero-order valence-electron chi connectivity index (χ0n) is 9.15. The lowest BCUT2D eigenvalue weighted by molar-refractivity contribution is 0.232. The van der Waals surface area contributed by atoms with Gasteiger partial charge in [0.2, 0.25) is 0 Å². The highest BCUT2D eigenvalue weighted by atomic mass is 14.9. The monoisotopic (exact) mass is 204 g/mol. The van der Waals surface area contributed by atoms with Gasteiger partial charge in [-0.15, -0.1) is 0 Å². The molecular formula is C13H20N2. The Bertz CT molecular complexity index is 280. The summed E-state index contributed by atoms with van der Waals surface area (Å²) in [6, 6.07) is 11.3. The molecule has 1 atom stereocenters. The zero-order valence-corrected chi connectivity index (χ0v) is 9.15. The van der Waals surface area contributed by atoms with Gasteiger partial charge in [-0.25, -0.2) is 0 Å². The topological polar surface area (TPSA) is 38.0 Å². The molecule has 0 radical (unpaired) electrons. The van der Waals surface area contributed by atoms with Crippen LogP contribution in [-0.2, 0) is 0 Å². The molecule has 1 saturated carbocycles. The van der Waals surface area contributed by atoms with Gasteiger partial charge in [-0.1, -0.05) is 36.8 Å². The second-order valence-electron chi connectivity index (χ2n) is 4.32. The quantitative estimate of drug-likeness (QED) is 0.770. The van der Waals surface area contributed by atoms with Gasteiger partial charge in [-0.2, -0.15) is 0 Å². The maximum Gasteiger partial charge on any atom is 0.0349 e. The van der Waals surface area contributed by atoms with Gasteiger partial charge in [0.05, 0.1) is 0 Å². The highest BCUT2D eigenvalue weighted by molar-refractivity contribution is 5.20. The molecule has 0 bridgehead atoms. The Hall–Kier alpha value is -0.860. The Morgan fingerprint density at radius 3 is 2.53 bits per heavy atom. The second-order valence-corrected chi connectivity index (χ2v) is 4.32. The molecule has 2 rings (SSSR count). The van der Waals surface area contributed by atoms with Crippen molar-refractivity contribution in [3.8, 4) is 0 Å². The fourth-order valence-corrected chi connectivity index (χ4v) is 2.23. The van der Waals surface area contributed by atoms with E-state index in [0.29, 0.717) is 6.04 Å². The summed E-state index contributed by atoms with van der Waals surface area (Å²) in [4.78, 5) is 0. The maximum absolute atomic E-state index is 5.55. The largest absolute Gasteiger partial charge is 0.329 e. The summed E-state index contributed by atoms with van der Waals surface area (Å²) in [7, 11) is 0. The lowest BCUT2D eigenvalue weighted by Gasteiger charge is -2.34. The fraction of sp³-hybridized carbons (Fsp3) is 0.538. The van der Waals surface area contributed by atoms with Crippen LogP contribution in [-0.4, -0.2) is 13.1 Å². The molecule has 82 valence electrons. The fourth-order valence-electron chi connectivity index (χ4n) is 2.23. The summed E-state index contributed by atoms with van der Waals surface area (Å²) in [5.41, 5.74) is 6.96. The Balaban J connectivity index is 2.04. The van der Waals surface area contributed by atoms with Crippen molar-refractivity contribution in [3.63, 3.8) is 0 Å². The standard InChI is InChI=1S/C13H20N2/c14-9-10-15-13(12-7-4-8-12)11-5-2-1-3-6-11/h1-3,5-6,12-13,15H,4,7-10,14H2. The number of nitrogens with one attached hydrogen (secondary N) is 1. The highest BCUT2D eigenvalue weighted by Crippen LogP contribution is 2.37. The van der Waals surface area contributed by atoms with Gasteiger partial charge < -0.3 is 11.1 Å². The Kier molecular flexibility index (Phi) is 3.75. The molecule has 0 saturated heterocycles. The van der Waals surface area contributed by atoms with E-state index in [2.05, 4.69) is 35.6 Å². The summed E-state index contributed by atoms with van der Waals surface area (Å²) in [5.74, 6) is 0.818. The summed E-state index contributed by atoms with van der Waals surface area (Å²) in [5, 5.41) is 3.56. The molecule has 0 amide bonds. The van der Waals surface area contributed by atoms with Crippen LogP contribution in [0.2, 0.25) is 0 Å². The number of rotatable bonds is 5. The van der Waals surface area contributed by atoms with Crippen molar-refractivity contribution in [1.29, 1.82) is 0 Å². The van der Waals surface area contributed by atoms with Crippen LogP contribution in [0.1, 0.15) is 30.9 Å². The summed E-state index contributed by atoms with van der Waals surface area (Å²) < 4.78 is 0. The molecule has 0 spiro atoms. The molecular weight excluding hydrogens is 184 g/mol. The van der Waals surface area contributed by atoms with Crippen molar-refractivity contribution >= 4 is 0 Å². The number of nitrogens with two attached hydrogens (primary N) is 1. The molecule has 2 nitrogen and oxygen atoms in total. The van der Waals surface area contributed by atoms with Gasteiger partial charge in [0.25, 0.3) is 0 Å². The Labute approximate surface area is 91.9 Å². The minimum atomic E-state index is 0.517. The third kappa shape index (κ3) is 2.58. The van der Waals surface area contributed by atoms with E-state index < -0.39 is 0 Å². The SMILES string of the molecule is NCCNC(c1ccccc1)C1CCC1. The van der Waals surface area contributed by atoms with Crippen molar-refractivity contribution in [1.82, 2.24) is 5.32 Å². The van der Waals surface area contributed by atoms with Crippen LogP contribution in [0.3, 0.4) is 0 Å². The first kappa shape index (κ1) is 10.7. The molecule has 1 aliphatic rings. The lowest BCUT2D eigenvalue weighted by Crippen LogP contribution is -2.35. The molecule has 15 heavy (non-hydrogen) atoms. The van der Waals surface area contributed by atoms with E-state index in [1.165, 1.54) is 24.8 Å². The summed E-state index contributed by atoms with van der Waals surface area (Å²) in [6.07, 6.45) is 4.10. The summed E-state index contributed by atoms with van der Waals surface area (Å²) in [6.45, 7) is 1.63. The van der Waals surface area contributed by atoms with Crippen molar-refractivity contribution in [2.24, 2.45) is 11.7 Å². The van der Waals surface area contributed by atoms with E-state index in [1.807, 2.05) is 0 Å². The van der Waals surface area contributed by atoms with Crippen molar-refractivity contribution in [3.05, 3.63) is 35.9 Å². The third-order valence-corrected chi connectivity index (χ3v) is 3.29. The zero-order chi connectivity index (χ0) is 10.5. The third-order valence-electron chi connectivity index (χ3n) is 3.29. The van der Waals surface area contributed by atoms with Crippen LogP contribution in [0.4, 0.5) is 0 Å². The Morgan fingerprint density at radius 2 is 2.00 bits per heavy atom. The molecule has 2 heteroatoms. The van der Waals surface area contributed by atoms with Crippen LogP contribution in [0, 0.1) is 5.92 Å². The normalized spacial score (nSPS) is 18.5. The van der Waals surface area contributed by atoms with Crippen LogP contribution < -0.4 is 11.1 Å². The first-order valence-corrected chi connectivity index (χ1v) is 5.90. The van der Waals surface area contributed by atoms with Crippen molar-refractivity contribution in [2.75, 3.05) is 13.1 Å². The number of hydrogen-bond acceptors (Lipinski definition) is 2.